The Labute approximate surface area is 113 Å². The first-order valence-electron chi connectivity index (χ1n) is 5.83. The lowest BCUT2D eigenvalue weighted by Gasteiger charge is -2.17. The summed E-state index contributed by atoms with van der Waals surface area (Å²) in [5.74, 6) is -0.850. The van der Waals surface area contributed by atoms with Crippen molar-refractivity contribution in [3.8, 4) is 0 Å². The summed E-state index contributed by atoms with van der Waals surface area (Å²) >= 11 is 0. The first-order chi connectivity index (χ1) is 9.00. The first kappa shape index (κ1) is 13.4. The van der Waals surface area contributed by atoms with E-state index in [1.807, 2.05) is 18.2 Å². The first-order valence-corrected chi connectivity index (χ1v) is 6.91. The summed E-state index contributed by atoms with van der Waals surface area (Å²) in [6, 6.07) is 9.06. The standard InChI is InChI=1S/C14H13NO3S/c1-9-8-12(15-11-6-4-3-5-7-11)14(19(17)18)10(2)13(9)16/h3-8,10H,1-2H3. The minimum Gasteiger partial charge on any atom is -0.294 e. The van der Waals surface area contributed by atoms with Crippen LogP contribution in [0.1, 0.15) is 13.8 Å². The van der Waals surface area contributed by atoms with E-state index in [0.29, 0.717) is 17.0 Å². The van der Waals surface area contributed by atoms with Crippen molar-refractivity contribution in [1.29, 1.82) is 0 Å². The molecule has 0 heterocycles. The summed E-state index contributed by atoms with van der Waals surface area (Å²) in [4.78, 5) is 16.2. The van der Waals surface area contributed by atoms with Gasteiger partial charge in [-0.25, -0.2) is 4.99 Å². The molecule has 98 valence electrons. The van der Waals surface area contributed by atoms with Gasteiger partial charge in [0.2, 0.25) is 10.3 Å². The Bertz CT molecular complexity index is 704. The molecule has 5 heteroatoms. The van der Waals surface area contributed by atoms with E-state index in [-0.39, 0.29) is 10.6 Å². The number of allylic oxidation sites excluding steroid dienone is 2. The number of aliphatic imine (C=N–C) groups is 1. The van der Waals surface area contributed by atoms with Crippen molar-refractivity contribution < 1.29 is 13.2 Å². The van der Waals surface area contributed by atoms with Gasteiger partial charge in [0.15, 0.2) is 5.78 Å². The van der Waals surface area contributed by atoms with Crippen molar-refractivity contribution in [3.63, 3.8) is 0 Å². The molecule has 1 aromatic rings. The number of hydrogen-bond acceptors (Lipinski definition) is 4. The van der Waals surface area contributed by atoms with E-state index in [4.69, 9.17) is 0 Å². The lowest BCUT2D eigenvalue weighted by Crippen LogP contribution is -2.33. The van der Waals surface area contributed by atoms with Crippen LogP contribution in [0.4, 0.5) is 5.69 Å². The van der Waals surface area contributed by atoms with Crippen molar-refractivity contribution in [2.24, 2.45) is 10.9 Å². The number of rotatable bonds is 1. The zero-order valence-corrected chi connectivity index (χ0v) is 11.4. The molecule has 0 spiro atoms. The smallest absolute Gasteiger partial charge is 0.220 e. The Kier molecular flexibility index (Phi) is 3.76. The molecule has 0 bridgehead atoms. The van der Waals surface area contributed by atoms with Crippen molar-refractivity contribution in [2.45, 2.75) is 13.8 Å². The Balaban J connectivity index is 2.64. The number of benzene rings is 1. The zero-order chi connectivity index (χ0) is 14.0. The van der Waals surface area contributed by atoms with Crippen LogP contribution in [-0.4, -0.2) is 24.8 Å². The van der Waals surface area contributed by atoms with Gasteiger partial charge in [-0.2, -0.15) is 8.42 Å². The molecule has 19 heavy (non-hydrogen) atoms. The van der Waals surface area contributed by atoms with Crippen LogP contribution < -0.4 is 0 Å². The van der Waals surface area contributed by atoms with Gasteiger partial charge in [0.05, 0.1) is 17.3 Å². The molecule has 0 radical (unpaired) electrons. The average molecular weight is 275 g/mol. The molecule has 1 aliphatic rings. The molecule has 0 saturated heterocycles. The SMILES string of the molecule is CC1=CC(=Nc2ccccc2)C(=S(=O)=O)C(C)C1=O. The molecule has 1 aliphatic carbocycles. The summed E-state index contributed by atoms with van der Waals surface area (Å²) < 4.78 is 22.6. The number of ketones is 1. The number of nitrogens with zero attached hydrogens (tertiary/aromatic N) is 1. The molecule has 4 nitrogen and oxygen atoms in total. The predicted octanol–water partition coefficient (Wildman–Crippen LogP) is 1.98. The second-order valence-electron chi connectivity index (χ2n) is 4.34. The lowest BCUT2D eigenvalue weighted by molar-refractivity contribution is -0.116. The third-order valence-electron chi connectivity index (χ3n) is 2.97. The zero-order valence-electron chi connectivity index (χ0n) is 10.6. The van der Waals surface area contributed by atoms with Gasteiger partial charge >= 0.3 is 0 Å². The van der Waals surface area contributed by atoms with Gasteiger partial charge in [0, 0.05) is 0 Å². The summed E-state index contributed by atoms with van der Waals surface area (Å²) in [6.45, 7) is 3.26. The second-order valence-corrected chi connectivity index (χ2v) is 5.25. The lowest BCUT2D eigenvalue weighted by atomic mass is 9.88. The Hall–Kier alpha value is -2.01. The van der Waals surface area contributed by atoms with E-state index in [2.05, 4.69) is 4.99 Å². The van der Waals surface area contributed by atoms with Gasteiger partial charge in [-0.05, 0) is 37.6 Å². The highest BCUT2D eigenvalue weighted by Crippen LogP contribution is 2.19. The largest absolute Gasteiger partial charge is 0.294 e. The molecule has 0 amide bonds. The Morgan fingerprint density at radius 3 is 2.37 bits per heavy atom. The van der Waals surface area contributed by atoms with Gasteiger partial charge in [-0.15, -0.1) is 0 Å². The van der Waals surface area contributed by atoms with Gasteiger partial charge < -0.3 is 0 Å². The molecule has 2 rings (SSSR count). The topological polar surface area (TPSA) is 63.6 Å². The number of carbonyl (C=O) groups is 1. The minimum atomic E-state index is -2.45. The van der Waals surface area contributed by atoms with E-state index in [0.717, 1.165) is 0 Å². The minimum absolute atomic E-state index is 0.0550. The summed E-state index contributed by atoms with van der Waals surface area (Å²) in [5.41, 5.74) is 1.52. The summed E-state index contributed by atoms with van der Waals surface area (Å²) in [5, 5.41) is 0. The predicted molar refractivity (Wildman–Crippen MR) is 75.4 cm³/mol. The van der Waals surface area contributed by atoms with Crippen molar-refractivity contribution in [2.75, 3.05) is 0 Å². The van der Waals surface area contributed by atoms with Crippen molar-refractivity contribution in [1.82, 2.24) is 0 Å². The van der Waals surface area contributed by atoms with Crippen LogP contribution in [0, 0.1) is 5.92 Å². The van der Waals surface area contributed by atoms with Crippen LogP contribution in [0.25, 0.3) is 0 Å². The quantitative estimate of drug-likeness (QED) is 0.736. The molecular weight excluding hydrogens is 262 g/mol. The highest BCUT2D eigenvalue weighted by atomic mass is 32.2. The van der Waals surface area contributed by atoms with Crippen LogP contribution in [0.2, 0.25) is 0 Å². The molecule has 1 atom stereocenters. The van der Waals surface area contributed by atoms with Crippen LogP contribution in [0.5, 0.6) is 0 Å². The van der Waals surface area contributed by atoms with E-state index in [1.54, 1.807) is 26.0 Å². The van der Waals surface area contributed by atoms with E-state index in [1.165, 1.54) is 6.08 Å². The van der Waals surface area contributed by atoms with E-state index in [9.17, 15) is 13.2 Å². The van der Waals surface area contributed by atoms with Crippen LogP contribution in [0.15, 0.2) is 47.0 Å². The van der Waals surface area contributed by atoms with Crippen molar-refractivity contribution in [3.05, 3.63) is 42.0 Å². The fourth-order valence-electron chi connectivity index (χ4n) is 1.99. The maximum atomic E-state index is 11.8. The molecular formula is C14H13NO3S. The van der Waals surface area contributed by atoms with Gasteiger partial charge in [0.25, 0.3) is 0 Å². The number of Topliss-reactive ketones (excluding diaryl/α,β-unsaturated/α-hetero) is 1. The molecule has 0 fully saturated rings. The average Bonchev–Trinajstić information content (AvgIpc) is 2.37. The number of hydrogen-bond donors (Lipinski definition) is 0. The second kappa shape index (κ2) is 5.32. The third kappa shape index (κ3) is 2.71. The highest BCUT2D eigenvalue weighted by molar-refractivity contribution is 7.75. The molecule has 1 aromatic carbocycles. The fourth-order valence-corrected chi connectivity index (χ4v) is 2.66. The Morgan fingerprint density at radius 2 is 1.79 bits per heavy atom. The molecule has 0 aromatic heterocycles. The third-order valence-corrected chi connectivity index (χ3v) is 3.89. The van der Waals surface area contributed by atoms with Gasteiger partial charge in [-0.3, -0.25) is 4.79 Å². The summed E-state index contributed by atoms with van der Waals surface area (Å²) in [7, 11) is -2.45. The molecule has 1 unspecified atom stereocenters. The molecule has 0 saturated carbocycles. The van der Waals surface area contributed by atoms with Crippen LogP contribution in [-0.2, 0) is 15.1 Å². The van der Waals surface area contributed by atoms with Gasteiger partial charge in [-0.1, -0.05) is 18.2 Å². The molecule has 0 aliphatic heterocycles. The normalized spacial score (nSPS) is 21.5. The maximum absolute atomic E-state index is 11.8. The number of para-hydroxylation sites is 1. The maximum Gasteiger partial charge on any atom is 0.220 e. The van der Waals surface area contributed by atoms with E-state index >= 15 is 0 Å². The van der Waals surface area contributed by atoms with Crippen LogP contribution >= 0.6 is 0 Å². The van der Waals surface area contributed by atoms with Crippen molar-refractivity contribution >= 4 is 32.3 Å². The Morgan fingerprint density at radius 1 is 1.16 bits per heavy atom. The summed E-state index contributed by atoms with van der Waals surface area (Å²) in [6.07, 6.45) is 1.53. The van der Waals surface area contributed by atoms with E-state index < -0.39 is 16.2 Å². The monoisotopic (exact) mass is 275 g/mol. The van der Waals surface area contributed by atoms with Gasteiger partial charge in [0.1, 0.15) is 4.86 Å². The fraction of sp³-hybridized carbons (Fsp3) is 0.214. The highest BCUT2D eigenvalue weighted by Gasteiger charge is 2.29. The van der Waals surface area contributed by atoms with Crippen LogP contribution in [0.3, 0.4) is 0 Å². The number of carbonyl (C=O) groups excluding carboxylic acids is 1. The molecule has 0 N–H and O–H groups in total.